The molecule has 0 radical (unpaired) electrons. The Morgan fingerprint density at radius 2 is 1.60 bits per heavy atom. The molecular formula is C27H25FN4O3. The van der Waals surface area contributed by atoms with Gasteiger partial charge >= 0.3 is 0 Å². The zero-order chi connectivity index (χ0) is 23.6. The minimum absolute atomic E-state index is 0.242. The molecule has 4 aromatic rings. The average Bonchev–Trinajstić information content (AvgIpc) is 3.57. The number of nitrogens with zero attached hydrogens (tertiary/aromatic N) is 4. The van der Waals surface area contributed by atoms with E-state index in [0.717, 1.165) is 55.3 Å². The summed E-state index contributed by atoms with van der Waals surface area (Å²) in [6.07, 6.45) is 0. The Morgan fingerprint density at radius 3 is 2.40 bits per heavy atom. The van der Waals surface area contributed by atoms with Crippen LogP contribution in [0.2, 0.25) is 0 Å². The molecule has 0 N–H and O–H groups in total. The van der Waals surface area contributed by atoms with Crippen molar-refractivity contribution in [2.24, 2.45) is 0 Å². The second-order valence-electron chi connectivity index (χ2n) is 8.77. The number of ether oxygens (including phenoxy) is 2. The highest BCUT2D eigenvalue weighted by molar-refractivity contribution is 5.52. The van der Waals surface area contributed by atoms with Crippen LogP contribution in [0.4, 0.5) is 4.39 Å². The van der Waals surface area contributed by atoms with Crippen molar-refractivity contribution >= 4 is 0 Å². The summed E-state index contributed by atoms with van der Waals surface area (Å²) < 4.78 is 30.7. The Kier molecular flexibility index (Phi) is 5.89. The zero-order valence-corrected chi connectivity index (χ0v) is 19.1. The molecule has 6 rings (SSSR count). The van der Waals surface area contributed by atoms with Gasteiger partial charge in [-0.3, -0.25) is 9.80 Å². The summed E-state index contributed by atoms with van der Waals surface area (Å²) in [6.45, 7) is 4.51. The standard InChI is InChI=1S/C27H25FN4O3/c28-22-9-7-20(8-10-22)25(27-30-29-26(35-27)21-4-2-1-3-5-21)32-14-12-31(13-15-32)17-19-6-11-23-24(16-19)34-18-33-23/h1-11,16,25H,12-15,17-18H2. The molecule has 1 fully saturated rings. The van der Waals surface area contributed by atoms with Crippen LogP contribution in [0.1, 0.15) is 23.1 Å². The van der Waals surface area contributed by atoms with Gasteiger partial charge in [-0.25, -0.2) is 4.39 Å². The van der Waals surface area contributed by atoms with Gasteiger partial charge in [0.1, 0.15) is 11.9 Å². The second kappa shape index (κ2) is 9.48. The lowest BCUT2D eigenvalue weighted by Crippen LogP contribution is -2.47. The number of hydrogen-bond donors (Lipinski definition) is 0. The SMILES string of the molecule is Fc1ccc(C(c2nnc(-c3ccccc3)o2)N2CCN(Cc3ccc4c(c3)OCO4)CC2)cc1. The van der Waals surface area contributed by atoms with Gasteiger partial charge in [0.25, 0.3) is 0 Å². The third-order valence-corrected chi connectivity index (χ3v) is 6.50. The Hall–Kier alpha value is -3.75. The molecule has 3 aromatic carbocycles. The number of fused-ring (bicyclic) bond motifs is 1. The molecule has 1 unspecified atom stereocenters. The summed E-state index contributed by atoms with van der Waals surface area (Å²) in [5, 5.41) is 8.69. The fourth-order valence-corrected chi connectivity index (χ4v) is 4.67. The maximum Gasteiger partial charge on any atom is 0.247 e. The van der Waals surface area contributed by atoms with Crippen molar-refractivity contribution in [1.29, 1.82) is 0 Å². The molecule has 1 aromatic heterocycles. The number of halogens is 1. The van der Waals surface area contributed by atoms with Gasteiger partial charge in [-0.1, -0.05) is 36.4 Å². The van der Waals surface area contributed by atoms with Gasteiger partial charge in [0.15, 0.2) is 11.5 Å². The third kappa shape index (κ3) is 4.62. The lowest BCUT2D eigenvalue weighted by molar-refractivity contribution is 0.0951. The van der Waals surface area contributed by atoms with Crippen molar-refractivity contribution < 1.29 is 18.3 Å². The van der Waals surface area contributed by atoms with E-state index in [2.05, 4.69) is 32.1 Å². The van der Waals surface area contributed by atoms with Gasteiger partial charge in [-0.05, 0) is 47.5 Å². The molecular weight excluding hydrogens is 447 g/mol. The monoisotopic (exact) mass is 472 g/mol. The van der Waals surface area contributed by atoms with Crippen molar-refractivity contribution in [2.45, 2.75) is 12.6 Å². The molecule has 1 atom stereocenters. The van der Waals surface area contributed by atoms with Gasteiger partial charge in [-0.15, -0.1) is 10.2 Å². The van der Waals surface area contributed by atoms with Crippen molar-refractivity contribution in [3.05, 3.63) is 95.6 Å². The van der Waals surface area contributed by atoms with Crippen LogP contribution in [0.3, 0.4) is 0 Å². The first-order valence-electron chi connectivity index (χ1n) is 11.7. The Balaban J connectivity index is 1.20. The molecule has 7 nitrogen and oxygen atoms in total. The number of piperazine rings is 1. The summed E-state index contributed by atoms with van der Waals surface area (Å²) in [5.74, 6) is 2.34. The van der Waals surface area contributed by atoms with Gasteiger partial charge in [-0.2, -0.15) is 0 Å². The van der Waals surface area contributed by atoms with Crippen molar-refractivity contribution in [3.63, 3.8) is 0 Å². The van der Waals surface area contributed by atoms with Gasteiger partial charge in [0.2, 0.25) is 18.6 Å². The van der Waals surface area contributed by atoms with Crippen molar-refractivity contribution in [2.75, 3.05) is 33.0 Å². The van der Waals surface area contributed by atoms with Crippen LogP contribution in [0, 0.1) is 5.82 Å². The maximum atomic E-state index is 13.7. The highest BCUT2D eigenvalue weighted by Gasteiger charge is 2.31. The lowest BCUT2D eigenvalue weighted by atomic mass is 10.0. The zero-order valence-electron chi connectivity index (χ0n) is 19.1. The molecule has 2 aliphatic heterocycles. The number of rotatable bonds is 6. The number of hydrogen-bond acceptors (Lipinski definition) is 7. The predicted molar refractivity (Wildman–Crippen MR) is 127 cm³/mol. The highest BCUT2D eigenvalue weighted by Crippen LogP contribution is 2.34. The normalized spacial score (nSPS) is 16.9. The van der Waals surface area contributed by atoms with Crippen LogP contribution in [-0.2, 0) is 6.54 Å². The van der Waals surface area contributed by atoms with E-state index in [1.54, 1.807) is 12.1 Å². The molecule has 8 heteroatoms. The molecule has 178 valence electrons. The minimum Gasteiger partial charge on any atom is -0.454 e. The Morgan fingerprint density at radius 1 is 0.829 bits per heavy atom. The predicted octanol–water partition coefficient (Wildman–Crippen LogP) is 4.51. The smallest absolute Gasteiger partial charge is 0.247 e. The van der Waals surface area contributed by atoms with Crippen LogP contribution in [-0.4, -0.2) is 53.0 Å². The minimum atomic E-state index is -0.267. The molecule has 0 aliphatic carbocycles. The van der Waals surface area contributed by atoms with E-state index in [9.17, 15) is 4.39 Å². The van der Waals surface area contributed by atoms with Crippen LogP contribution in [0.15, 0.2) is 77.2 Å². The maximum absolute atomic E-state index is 13.7. The summed E-state index contributed by atoms with van der Waals surface area (Å²) in [4.78, 5) is 4.74. The third-order valence-electron chi connectivity index (χ3n) is 6.50. The van der Waals surface area contributed by atoms with Gasteiger partial charge in [0.05, 0.1) is 0 Å². The highest BCUT2D eigenvalue weighted by atomic mass is 19.1. The van der Waals surface area contributed by atoms with E-state index < -0.39 is 0 Å². The van der Waals surface area contributed by atoms with Crippen molar-refractivity contribution in [3.8, 4) is 23.0 Å². The Bertz CT molecular complexity index is 1290. The molecule has 0 saturated carbocycles. The first-order chi connectivity index (χ1) is 17.2. The van der Waals surface area contributed by atoms with Crippen LogP contribution >= 0.6 is 0 Å². The van der Waals surface area contributed by atoms with E-state index >= 15 is 0 Å². The van der Waals surface area contributed by atoms with E-state index in [1.165, 1.54) is 17.7 Å². The van der Waals surface area contributed by atoms with E-state index in [-0.39, 0.29) is 18.7 Å². The van der Waals surface area contributed by atoms with E-state index in [0.29, 0.717) is 11.8 Å². The van der Waals surface area contributed by atoms with Gasteiger partial charge < -0.3 is 13.9 Å². The lowest BCUT2D eigenvalue weighted by Gasteiger charge is -2.38. The molecule has 1 saturated heterocycles. The fourth-order valence-electron chi connectivity index (χ4n) is 4.67. The van der Waals surface area contributed by atoms with Crippen LogP contribution in [0.5, 0.6) is 11.5 Å². The quantitative estimate of drug-likeness (QED) is 0.409. The molecule has 2 aliphatic rings. The molecule has 0 amide bonds. The first-order valence-corrected chi connectivity index (χ1v) is 11.7. The topological polar surface area (TPSA) is 63.9 Å². The summed E-state index contributed by atoms with van der Waals surface area (Å²) >= 11 is 0. The largest absolute Gasteiger partial charge is 0.454 e. The first kappa shape index (κ1) is 21.8. The van der Waals surface area contributed by atoms with Crippen LogP contribution < -0.4 is 9.47 Å². The Labute approximate surface area is 202 Å². The van der Waals surface area contributed by atoms with Crippen molar-refractivity contribution in [1.82, 2.24) is 20.0 Å². The summed E-state index contributed by atoms with van der Waals surface area (Å²) in [5.41, 5.74) is 3.00. The molecule has 3 heterocycles. The van der Waals surface area contributed by atoms with Crippen LogP contribution in [0.25, 0.3) is 11.5 Å². The molecule has 35 heavy (non-hydrogen) atoms. The number of aromatic nitrogens is 2. The second-order valence-corrected chi connectivity index (χ2v) is 8.77. The molecule has 0 bridgehead atoms. The van der Waals surface area contributed by atoms with E-state index in [1.807, 2.05) is 36.4 Å². The summed E-state index contributed by atoms with van der Waals surface area (Å²) in [6, 6.07) is 22.1. The summed E-state index contributed by atoms with van der Waals surface area (Å²) in [7, 11) is 0. The van der Waals surface area contributed by atoms with E-state index in [4.69, 9.17) is 13.9 Å². The fraction of sp³-hybridized carbons (Fsp3) is 0.259. The average molecular weight is 473 g/mol. The number of benzene rings is 3. The van der Waals surface area contributed by atoms with Gasteiger partial charge in [0, 0.05) is 38.3 Å². The molecule has 0 spiro atoms.